The number of benzene rings is 2. The van der Waals surface area contributed by atoms with E-state index in [0.29, 0.717) is 18.5 Å². The van der Waals surface area contributed by atoms with Gasteiger partial charge in [-0.1, -0.05) is 30.3 Å². The molecule has 0 aromatic heterocycles. The Kier molecular flexibility index (Phi) is 7.23. The number of morpholine rings is 1. The lowest BCUT2D eigenvalue weighted by Crippen LogP contribution is -2.35. The molecule has 0 unspecified atom stereocenters. The molecule has 2 aromatic carbocycles. The van der Waals surface area contributed by atoms with Gasteiger partial charge in [0.1, 0.15) is 5.75 Å². The predicted octanol–water partition coefficient (Wildman–Crippen LogP) is 3.19. The van der Waals surface area contributed by atoms with Crippen LogP contribution >= 0.6 is 0 Å². The minimum Gasteiger partial charge on any atom is -0.496 e. The largest absolute Gasteiger partial charge is 0.496 e. The van der Waals surface area contributed by atoms with Gasteiger partial charge in [-0.2, -0.15) is 0 Å². The second-order valence-electron chi connectivity index (χ2n) is 6.91. The van der Waals surface area contributed by atoms with E-state index in [2.05, 4.69) is 28.9 Å². The van der Waals surface area contributed by atoms with Crippen molar-refractivity contribution in [3.8, 4) is 5.75 Å². The number of hydrogen-bond acceptors (Lipinski definition) is 4. The van der Waals surface area contributed by atoms with Crippen molar-refractivity contribution in [1.82, 2.24) is 10.2 Å². The molecule has 2 aromatic rings. The van der Waals surface area contributed by atoms with Crippen LogP contribution in [0.3, 0.4) is 0 Å². The lowest BCUT2D eigenvalue weighted by Gasteiger charge is -2.26. The Labute approximate surface area is 167 Å². The van der Waals surface area contributed by atoms with Crippen LogP contribution in [0.1, 0.15) is 27.0 Å². The molecule has 0 atom stereocenters. The topological polar surface area (TPSA) is 50.8 Å². The van der Waals surface area contributed by atoms with Crippen LogP contribution in [0.2, 0.25) is 0 Å². The van der Waals surface area contributed by atoms with Crippen molar-refractivity contribution in [3.63, 3.8) is 0 Å². The summed E-state index contributed by atoms with van der Waals surface area (Å²) in [5.41, 5.74) is 3.94. The molecule has 0 aliphatic carbocycles. The zero-order valence-corrected chi connectivity index (χ0v) is 16.4. The zero-order valence-electron chi connectivity index (χ0n) is 16.4. The summed E-state index contributed by atoms with van der Waals surface area (Å²) in [5, 5.41) is 3.01. The molecule has 1 saturated heterocycles. The summed E-state index contributed by atoms with van der Waals surface area (Å²) < 4.78 is 10.7. The Morgan fingerprint density at radius 2 is 2.00 bits per heavy atom. The fourth-order valence-electron chi connectivity index (χ4n) is 3.37. The van der Waals surface area contributed by atoms with Crippen molar-refractivity contribution < 1.29 is 14.3 Å². The van der Waals surface area contributed by atoms with Gasteiger partial charge in [-0.25, -0.2) is 0 Å². The van der Waals surface area contributed by atoms with Crippen LogP contribution in [0.4, 0.5) is 0 Å². The van der Waals surface area contributed by atoms with E-state index < -0.39 is 0 Å². The van der Waals surface area contributed by atoms with Crippen molar-refractivity contribution in [2.24, 2.45) is 0 Å². The van der Waals surface area contributed by atoms with Gasteiger partial charge in [0.25, 0.3) is 5.91 Å². The smallest absolute Gasteiger partial charge is 0.251 e. The van der Waals surface area contributed by atoms with Crippen LogP contribution in [0.25, 0.3) is 0 Å². The standard InChI is InChI=1S/C23H28N2O3/c1-3-5-20-15-21(8-9-22(20)27-2)23(26)24-16-18-6-4-7-19(14-18)17-25-10-12-28-13-11-25/h3-4,6-9,14-15H,1,5,10-13,16-17H2,2H3,(H,24,26). The molecule has 1 N–H and O–H groups in total. The summed E-state index contributed by atoms with van der Waals surface area (Å²) in [6.45, 7) is 8.70. The van der Waals surface area contributed by atoms with E-state index in [4.69, 9.17) is 9.47 Å². The Morgan fingerprint density at radius 3 is 2.75 bits per heavy atom. The summed E-state index contributed by atoms with van der Waals surface area (Å²) in [4.78, 5) is 15.0. The number of carbonyl (C=O) groups is 1. The van der Waals surface area contributed by atoms with Crippen molar-refractivity contribution in [3.05, 3.63) is 77.4 Å². The van der Waals surface area contributed by atoms with Crippen LogP contribution in [-0.2, 0) is 24.2 Å². The number of carbonyl (C=O) groups excluding carboxylic acids is 1. The fourth-order valence-corrected chi connectivity index (χ4v) is 3.37. The van der Waals surface area contributed by atoms with Crippen LogP contribution in [-0.4, -0.2) is 44.2 Å². The molecule has 28 heavy (non-hydrogen) atoms. The lowest BCUT2D eigenvalue weighted by molar-refractivity contribution is 0.0342. The summed E-state index contributed by atoms with van der Waals surface area (Å²) >= 11 is 0. The average Bonchev–Trinajstić information content (AvgIpc) is 2.73. The van der Waals surface area contributed by atoms with E-state index in [0.717, 1.165) is 49.7 Å². The van der Waals surface area contributed by atoms with Gasteiger partial charge in [0.15, 0.2) is 0 Å². The van der Waals surface area contributed by atoms with Crippen LogP contribution in [0.5, 0.6) is 5.75 Å². The highest BCUT2D eigenvalue weighted by atomic mass is 16.5. The third kappa shape index (κ3) is 5.44. The predicted molar refractivity (Wildman–Crippen MR) is 111 cm³/mol. The number of nitrogens with zero attached hydrogens (tertiary/aromatic N) is 1. The van der Waals surface area contributed by atoms with Gasteiger partial charge in [0.2, 0.25) is 0 Å². The summed E-state index contributed by atoms with van der Waals surface area (Å²) in [6.07, 6.45) is 2.47. The van der Waals surface area contributed by atoms with Gasteiger partial charge in [0, 0.05) is 31.7 Å². The minimum absolute atomic E-state index is 0.0912. The first kappa shape index (κ1) is 20.1. The molecule has 1 aliphatic heterocycles. The molecule has 0 saturated carbocycles. The Bertz CT molecular complexity index is 813. The molecule has 5 nitrogen and oxygen atoms in total. The molecule has 148 valence electrons. The highest BCUT2D eigenvalue weighted by molar-refractivity contribution is 5.94. The molecule has 1 fully saturated rings. The first-order valence-electron chi connectivity index (χ1n) is 9.63. The van der Waals surface area contributed by atoms with Crippen LogP contribution in [0.15, 0.2) is 55.1 Å². The van der Waals surface area contributed by atoms with Gasteiger partial charge < -0.3 is 14.8 Å². The first-order chi connectivity index (χ1) is 13.7. The van der Waals surface area contributed by atoms with Crippen molar-refractivity contribution in [2.75, 3.05) is 33.4 Å². The van der Waals surface area contributed by atoms with Gasteiger partial charge in [-0.3, -0.25) is 9.69 Å². The molecular formula is C23H28N2O3. The van der Waals surface area contributed by atoms with E-state index >= 15 is 0 Å². The molecular weight excluding hydrogens is 352 g/mol. The third-order valence-electron chi connectivity index (χ3n) is 4.86. The van der Waals surface area contributed by atoms with Gasteiger partial charge in [-0.15, -0.1) is 6.58 Å². The van der Waals surface area contributed by atoms with Gasteiger partial charge in [0.05, 0.1) is 20.3 Å². The number of allylic oxidation sites excluding steroid dienone is 1. The van der Waals surface area contributed by atoms with Gasteiger partial charge >= 0.3 is 0 Å². The number of rotatable bonds is 8. The molecule has 5 heteroatoms. The summed E-state index contributed by atoms with van der Waals surface area (Å²) in [7, 11) is 1.63. The molecule has 1 heterocycles. The number of amides is 1. The maximum atomic E-state index is 12.6. The van der Waals surface area contributed by atoms with Crippen molar-refractivity contribution in [1.29, 1.82) is 0 Å². The van der Waals surface area contributed by atoms with E-state index in [9.17, 15) is 4.79 Å². The monoisotopic (exact) mass is 380 g/mol. The second kappa shape index (κ2) is 10.1. The molecule has 0 radical (unpaired) electrons. The third-order valence-corrected chi connectivity index (χ3v) is 4.86. The molecule has 0 bridgehead atoms. The van der Waals surface area contributed by atoms with Crippen molar-refractivity contribution >= 4 is 5.91 Å². The fraction of sp³-hybridized carbons (Fsp3) is 0.348. The second-order valence-corrected chi connectivity index (χ2v) is 6.91. The van der Waals surface area contributed by atoms with Crippen LogP contribution < -0.4 is 10.1 Å². The highest BCUT2D eigenvalue weighted by Gasteiger charge is 2.12. The SMILES string of the molecule is C=CCc1cc(C(=O)NCc2cccc(CN3CCOCC3)c2)ccc1OC. The van der Waals surface area contributed by atoms with Crippen molar-refractivity contribution in [2.45, 2.75) is 19.5 Å². The number of nitrogens with one attached hydrogen (secondary N) is 1. The van der Waals surface area contributed by atoms with E-state index in [1.807, 2.05) is 24.3 Å². The summed E-state index contributed by atoms with van der Waals surface area (Å²) in [6, 6.07) is 13.9. The Morgan fingerprint density at radius 1 is 1.21 bits per heavy atom. The Balaban J connectivity index is 1.60. The van der Waals surface area contributed by atoms with E-state index in [-0.39, 0.29) is 5.91 Å². The molecule has 1 aliphatic rings. The first-order valence-corrected chi connectivity index (χ1v) is 9.63. The zero-order chi connectivity index (χ0) is 19.8. The quantitative estimate of drug-likeness (QED) is 0.715. The lowest BCUT2D eigenvalue weighted by atomic mass is 10.1. The van der Waals surface area contributed by atoms with Crippen LogP contribution in [0, 0.1) is 0 Å². The van der Waals surface area contributed by atoms with E-state index in [1.54, 1.807) is 19.3 Å². The maximum Gasteiger partial charge on any atom is 0.251 e. The minimum atomic E-state index is -0.0912. The number of ether oxygens (including phenoxy) is 2. The van der Waals surface area contributed by atoms with Gasteiger partial charge in [-0.05, 0) is 41.3 Å². The number of methoxy groups -OCH3 is 1. The maximum absolute atomic E-state index is 12.6. The normalized spacial score (nSPS) is 14.5. The van der Waals surface area contributed by atoms with E-state index in [1.165, 1.54) is 5.56 Å². The molecule has 1 amide bonds. The number of hydrogen-bond donors (Lipinski definition) is 1. The average molecular weight is 380 g/mol. The molecule has 3 rings (SSSR count). The highest BCUT2D eigenvalue weighted by Crippen LogP contribution is 2.21. The summed E-state index contributed by atoms with van der Waals surface area (Å²) in [5.74, 6) is 0.679. The molecule has 0 spiro atoms. The Hall–Kier alpha value is -2.63.